The molecule has 0 saturated heterocycles. The Labute approximate surface area is 145 Å². The molecule has 0 aliphatic rings. The van der Waals surface area contributed by atoms with Crippen LogP contribution in [-0.4, -0.2) is 12.6 Å². The summed E-state index contributed by atoms with van der Waals surface area (Å²) >= 11 is 0. The molecule has 0 radical (unpaired) electrons. The highest BCUT2D eigenvalue weighted by Gasteiger charge is 2.15. The van der Waals surface area contributed by atoms with Crippen LogP contribution in [0.1, 0.15) is 106 Å². The minimum absolute atomic E-state index is 0.00670. The van der Waals surface area contributed by atoms with Crippen molar-refractivity contribution in [1.82, 2.24) is 0 Å². The first-order chi connectivity index (χ1) is 10.7. The van der Waals surface area contributed by atoms with Gasteiger partial charge in [-0.2, -0.15) is 0 Å². The van der Waals surface area contributed by atoms with Crippen LogP contribution < -0.4 is 0 Å². The van der Waals surface area contributed by atoms with Crippen LogP contribution in [-0.2, 0) is 9.53 Å². The topological polar surface area (TPSA) is 26.3 Å². The molecule has 0 rings (SSSR count). The van der Waals surface area contributed by atoms with Crippen molar-refractivity contribution in [2.45, 2.75) is 106 Å². The van der Waals surface area contributed by atoms with Gasteiger partial charge in [-0.05, 0) is 36.5 Å². The third-order valence-electron chi connectivity index (χ3n) is 4.25. The lowest BCUT2D eigenvalue weighted by molar-refractivity contribution is -0.144. The van der Waals surface area contributed by atoms with E-state index in [0.29, 0.717) is 24.4 Å². The fourth-order valence-electron chi connectivity index (χ4n) is 3.12. The third kappa shape index (κ3) is 17.7. The fraction of sp³-hybridized carbons (Fsp3) is 0.952. The van der Waals surface area contributed by atoms with Crippen LogP contribution in [0.25, 0.3) is 0 Å². The number of hydrogen-bond acceptors (Lipinski definition) is 2. The number of carbonyl (C=O) groups excluding carboxylic acids is 1. The van der Waals surface area contributed by atoms with Crippen molar-refractivity contribution in [2.75, 3.05) is 6.61 Å². The Morgan fingerprint density at radius 2 is 1.43 bits per heavy atom. The predicted molar refractivity (Wildman–Crippen MR) is 101 cm³/mol. The van der Waals surface area contributed by atoms with Gasteiger partial charge in [0.05, 0.1) is 6.61 Å². The van der Waals surface area contributed by atoms with Gasteiger partial charge in [0.15, 0.2) is 0 Å². The molecule has 0 aromatic rings. The highest BCUT2D eigenvalue weighted by molar-refractivity contribution is 5.69. The second kappa shape index (κ2) is 12.8. The van der Waals surface area contributed by atoms with Gasteiger partial charge in [0.25, 0.3) is 0 Å². The van der Waals surface area contributed by atoms with Crippen LogP contribution in [0.2, 0.25) is 0 Å². The van der Waals surface area contributed by atoms with E-state index in [0.717, 1.165) is 25.2 Å². The van der Waals surface area contributed by atoms with Gasteiger partial charge >= 0.3 is 5.97 Å². The SMILES string of the molecule is CC(C)CCCCCCCCC(=O)OCCC(C)CC(C)(C)C. The van der Waals surface area contributed by atoms with Gasteiger partial charge in [-0.1, -0.05) is 80.1 Å². The number of carbonyl (C=O) groups is 1. The van der Waals surface area contributed by atoms with Crippen LogP contribution in [0.5, 0.6) is 0 Å². The second-order valence-corrected chi connectivity index (χ2v) is 8.93. The lowest BCUT2D eigenvalue weighted by Gasteiger charge is -2.22. The zero-order valence-corrected chi connectivity index (χ0v) is 16.7. The molecule has 0 fully saturated rings. The Hall–Kier alpha value is -0.530. The predicted octanol–water partition coefficient (Wildman–Crippen LogP) is 6.77. The molecule has 0 N–H and O–H groups in total. The molecule has 0 spiro atoms. The van der Waals surface area contributed by atoms with E-state index in [-0.39, 0.29) is 5.97 Å². The summed E-state index contributed by atoms with van der Waals surface area (Å²) in [5, 5.41) is 0. The molecular formula is C21H42O2. The van der Waals surface area contributed by atoms with Gasteiger partial charge < -0.3 is 4.74 Å². The zero-order chi connectivity index (χ0) is 17.7. The van der Waals surface area contributed by atoms with Gasteiger partial charge in [-0.3, -0.25) is 4.79 Å². The fourth-order valence-corrected chi connectivity index (χ4v) is 3.12. The molecule has 0 aromatic carbocycles. The molecule has 1 atom stereocenters. The molecule has 0 aromatic heterocycles. The molecule has 0 saturated carbocycles. The van der Waals surface area contributed by atoms with Crippen LogP contribution in [0, 0.1) is 17.3 Å². The average molecular weight is 327 g/mol. The normalized spacial score (nSPS) is 13.3. The summed E-state index contributed by atoms with van der Waals surface area (Å²) in [4.78, 5) is 11.7. The third-order valence-corrected chi connectivity index (χ3v) is 4.25. The van der Waals surface area contributed by atoms with E-state index >= 15 is 0 Å². The van der Waals surface area contributed by atoms with Crippen LogP contribution in [0.3, 0.4) is 0 Å². The van der Waals surface area contributed by atoms with E-state index in [9.17, 15) is 4.79 Å². The van der Waals surface area contributed by atoms with Crippen molar-refractivity contribution >= 4 is 5.97 Å². The molecule has 1 unspecified atom stereocenters. The van der Waals surface area contributed by atoms with E-state index in [1.54, 1.807) is 0 Å². The quantitative estimate of drug-likeness (QED) is 0.276. The summed E-state index contributed by atoms with van der Waals surface area (Å²) in [5.74, 6) is 1.44. The summed E-state index contributed by atoms with van der Waals surface area (Å²) < 4.78 is 5.36. The summed E-state index contributed by atoms with van der Waals surface area (Å²) in [6.45, 7) is 14.2. The molecule has 0 heterocycles. The Balaban J connectivity index is 3.41. The molecule has 0 aliphatic heterocycles. The van der Waals surface area contributed by atoms with E-state index in [1.165, 1.54) is 38.5 Å². The Kier molecular flexibility index (Phi) is 12.5. The lowest BCUT2D eigenvalue weighted by Crippen LogP contribution is -2.14. The van der Waals surface area contributed by atoms with E-state index in [1.807, 2.05) is 0 Å². The van der Waals surface area contributed by atoms with Gasteiger partial charge in [0.2, 0.25) is 0 Å². The lowest BCUT2D eigenvalue weighted by atomic mass is 9.84. The molecule has 0 bridgehead atoms. The first-order valence-electron chi connectivity index (χ1n) is 9.86. The van der Waals surface area contributed by atoms with Crippen LogP contribution in [0.4, 0.5) is 0 Å². The van der Waals surface area contributed by atoms with Crippen molar-refractivity contribution in [3.63, 3.8) is 0 Å². The Bertz CT molecular complexity index is 289. The highest BCUT2D eigenvalue weighted by atomic mass is 16.5. The molecule has 0 amide bonds. The first-order valence-corrected chi connectivity index (χ1v) is 9.86. The van der Waals surface area contributed by atoms with Crippen LogP contribution >= 0.6 is 0 Å². The first kappa shape index (κ1) is 22.5. The number of ether oxygens (including phenoxy) is 1. The highest BCUT2D eigenvalue weighted by Crippen LogP contribution is 2.25. The smallest absolute Gasteiger partial charge is 0.305 e. The van der Waals surface area contributed by atoms with Gasteiger partial charge in [-0.15, -0.1) is 0 Å². The van der Waals surface area contributed by atoms with Gasteiger partial charge in [-0.25, -0.2) is 0 Å². The van der Waals surface area contributed by atoms with Crippen molar-refractivity contribution in [1.29, 1.82) is 0 Å². The summed E-state index contributed by atoms with van der Waals surface area (Å²) in [5.41, 5.74) is 0.360. The molecular weight excluding hydrogens is 284 g/mol. The minimum atomic E-state index is -0.00670. The van der Waals surface area contributed by atoms with Crippen molar-refractivity contribution in [3.05, 3.63) is 0 Å². The average Bonchev–Trinajstić information content (AvgIpc) is 2.39. The van der Waals surface area contributed by atoms with Gasteiger partial charge in [0, 0.05) is 6.42 Å². The molecule has 23 heavy (non-hydrogen) atoms. The van der Waals surface area contributed by atoms with Crippen molar-refractivity contribution < 1.29 is 9.53 Å². The largest absolute Gasteiger partial charge is 0.466 e. The molecule has 138 valence electrons. The van der Waals surface area contributed by atoms with Crippen LogP contribution in [0.15, 0.2) is 0 Å². The maximum atomic E-state index is 11.7. The maximum Gasteiger partial charge on any atom is 0.305 e. The Morgan fingerprint density at radius 3 is 2.00 bits per heavy atom. The second-order valence-electron chi connectivity index (χ2n) is 8.93. The standard InChI is InChI=1S/C21H42O2/c1-18(2)13-11-9-7-8-10-12-14-20(22)23-16-15-19(3)17-21(4,5)6/h18-19H,7-17H2,1-6H3. The monoisotopic (exact) mass is 326 g/mol. The zero-order valence-electron chi connectivity index (χ0n) is 16.7. The summed E-state index contributed by atoms with van der Waals surface area (Å²) in [6, 6.07) is 0. The molecule has 0 aliphatic carbocycles. The van der Waals surface area contributed by atoms with E-state index < -0.39 is 0 Å². The summed E-state index contributed by atoms with van der Waals surface area (Å²) in [6.07, 6.45) is 11.5. The maximum absolute atomic E-state index is 11.7. The summed E-state index contributed by atoms with van der Waals surface area (Å²) in [7, 11) is 0. The number of rotatable bonds is 13. The van der Waals surface area contributed by atoms with E-state index in [4.69, 9.17) is 4.74 Å². The number of unbranched alkanes of at least 4 members (excludes halogenated alkanes) is 5. The van der Waals surface area contributed by atoms with Crippen molar-refractivity contribution in [2.24, 2.45) is 17.3 Å². The Morgan fingerprint density at radius 1 is 0.870 bits per heavy atom. The molecule has 2 heteroatoms. The van der Waals surface area contributed by atoms with Crippen molar-refractivity contribution in [3.8, 4) is 0 Å². The van der Waals surface area contributed by atoms with E-state index in [2.05, 4.69) is 41.5 Å². The van der Waals surface area contributed by atoms with Gasteiger partial charge in [0.1, 0.15) is 0 Å². The minimum Gasteiger partial charge on any atom is -0.466 e. The number of hydrogen-bond donors (Lipinski definition) is 0. The molecule has 2 nitrogen and oxygen atoms in total. The number of esters is 1.